The zero-order chi connectivity index (χ0) is 12.7. The third kappa shape index (κ3) is 6.48. The molecule has 3 nitrogen and oxygen atoms in total. The first-order valence-electron chi connectivity index (χ1n) is 6.38. The maximum Gasteiger partial charge on any atom is 0.150 e. The van der Waals surface area contributed by atoms with Gasteiger partial charge in [0.25, 0.3) is 0 Å². The quantitative estimate of drug-likeness (QED) is 0.683. The summed E-state index contributed by atoms with van der Waals surface area (Å²) in [5, 5.41) is 0. The minimum absolute atomic E-state index is 0.245. The fourth-order valence-corrected chi connectivity index (χ4v) is 3.32. The summed E-state index contributed by atoms with van der Waals surface area (Å²) in [4.78, 5) is 0. The molecular formula is C12H27NO2S. The average Bonchev–Trinajstić information content (AvgIpc) is 2.24. The molecule has 1 unspecified atom stereocenters. The van der Waals surface area contributed by atoms with Crippen LogP contribution in [0, 0.1) is 0 Å². The van der Waals surface area contributed by atoms with Crippen LogP contribution in [-0.2, 0) is 9.84 Å². The molecule has 0 rings (SSSR count). The molecule has 0 aromatic heterocycles. The van der Waals surface area contributed by atoms with Crippen molar-refractivity contribution in [3.8, 4) is 0 Å². The van der Waals surface area contributed by atoms with Gasteiger partial charge in [0.15, 0.2) is 0 Å². The van der Waals surface area contributed by atoms with Crippen molar-refractivity contribution in [2.75, 3.05) is 11.5 Å². The highest BCUT2D eigenvalue weighted by molar-refractivity contribution is 7.91. The highest BCUT2D eigenvalue weighted by atomic mass is 32.2. The standard InChI is InChI=1S/C12H27NO2S/c1-4-7-8-12(13,6-3)9-11-16(14,15)10-5-2/h4-11,13H2,1-3H3. The SMILES string of the molecule is CCCCC(N)(CC)CCS(=O)(=O)CCC. The van der Waals surface area contributed by atoms with Gasteiger partial charge in [-0.2, -0.15) is 0 Å². The molecule has 0 aromatic rings. The Kier molecular flexibility index (Phi) is 7.24. The summed E-state index contributed by atoms with van der Waals surface area (Å²) in [6, 6.07) is 0. The second-order valence-electron chi connectivity index (χ2n) is 4.72. The summed E-state index contributed by atoms with van der Waals surface area (Å²) in [5.74, 6) is 0.537. The van der Waals surface area contributed by atoms with E-state index >= 15 is 0 Å². The van der Waals surface area contributed by atoms with Crippen molar-refractivity contribution in [3.05, 3.63) is 0 Å². The van der Waals surface area contributed by atoms with Crippen molar-refractivity contribution < 1.29 is 8.42 Å². The van der Waals surface area contributed by atoms with Gasteiger partial charge in [0.1, 0.15) is 9.84 Å². The Morgan fingerprint density at radius 1 is 1.00 bits per heavy atom. The summed E-state index contributed by atoms with van der Waals surface area (Å²) in [7, 11) is -2.88. The zero-order valence-corrected chi connectivity index (χ0v) is 11.8. The molecule has 0 heterocycles. The third-order valence-corrected chi connectivity index (χ3v) is 5.01. The first-order valence-corrected chi connectivity index (χ1v) is 8.20. The summed E-state index contributed by atoms with van der Waals surface area (Å²) >= 11 is 0. The fourth-order valence-electron chi connectivity index (χ4n) is 1.78. The smallest absolute Gasteiger partial charge is 0.150 e. The van der Waals surface area contributed by atoms with Gasteiger partial charge in [-0.15, -0.1) is 0 Å². The van der Waals surface area contributed by atoms with E-state index in [0.29, 0.717) is 18.6 Å². The third-order valence-electron chi connectivity index (χ3n) is 3.16. The summed E-state index contributed by atoms with van der Waals surface area (Å²) in [6.45, 7) is 6.07. The van der Waals surface area contributed by atoms with Gasteiger partial charge in [-0.1, -0.05) is 33.6 Å². The lowest BCUT2D eigenvalue weighted by molar-refractivity contribution is 0.356. The molecule has 0 aliphatic carbocycles. The molecule has 0 saturated carbocycles. The van der Waals surface area contributed by atoms with Crippen LogP contribution in [0.4, 0.5) is 0 Å². The molecule has 0 fully saturated rings. The first kappa shape index (κ1) is 15.9. The second kappa shape index (κ2) is 7.28. The number of nitrogens with two attached hydrogens (primary N) is 1. The molecular weight excluding hydrogens is 222 g/mol. The normalized spacial score (nSPS) is 16.0. The lowest BCUT2D eigenvalue weighted by Gasteiger charge is -2.28. The van der Waals surface area contributed by atoms with Crippen molar-refractivity contribution in [1.29, 1.82) is 0 Å². The number of hydrogen-bond donors (Lipinski definition) is 1. The van der Waals surface area contributed by atoms with Crippen LogP contribution in [0.15, 0.2) is 0 Å². The Morgan fingerprint density at radius 2 is 1.62 bits per heavy atom. The number of hydrogen-bond acceptors (Lipinski definition) is 3. The molecule has 98 valence electrons. The van der Waals surface area contributed by atoms with Crippen molar-refractivity contribution in [3.63, 3.8) is 0 Å². The second-order valence-corrected chi connectivity index (χ2v) is 7.02. The van der Waals surface area contributed by atoms with Crippen LogP contribution in [0.2, 0.25) is 0 Å². The van der Waals surface area contributed by atoms with Gasteiger partial charge in [-0.3, -0.25) is 0 Å². The van der Waals surface area contributed by atoms with Gasteiger partial charge >= 0.3 is 0 Å². The van der Waals surface area contributed by atoms with E-state index in [0.717, 1.165) is 25.7 Å². The predicted octanol–water partition coefficient (Wildman–Crippen LogP) is 2.50. The monoisotopic (exact) mass is 249 g/mol. The van der Waals surface area contributed by atoms with Gasteiger partial charge in [0.2, 0.25) is 0 Å². The summed E-state index contributed by atoms with van der Waals surface area (Å²) in [6.07, 6.45) is 5.28. The Balaban J connectivity index is 4.22. The van der Waals surface area contributed by atoms with Crippen LogP contribution in [-0.4, -0.2) is 25.5 Å². The van der Waals surface area contributed by atoms with Crippen LogP contribution in [0.5, 0.6) is 0 Å². The van der Waals surface area contributed by atoms with E-state index in [4.69, 9.17) is 5.73 Å². The molecule has 0 aliphatic rings. The lowest BCUT2D eigenvalue weighted by Crippen LogP contribution is -2.41. The largest absolute Gasteiger partial charge is 0.325 e. The Hall–Kier alpha value is -0.0900. The minimum Gasteiger partial charge on any atom is -0.325 e. The highest BCUT2D eigenvalue weighted by Gasteiger charge is 2.24. The fraction of sp³-hybridized carbons (Fsp3) is 1.00. The number of sulfone groups is 1. The van der Waals surface area contributed by atoms with Crippen LogP contribution in [0.25, 0.3) is 0 Å². The Bertz CT molecular complexity index is 275. The van der Waals surface area contributed by atoms with Gasteiger partial charge in [-0.25, -0.2) is 8.42 Å². The molecule has 0 amide bonds. The number of rotatable bonds is 9. The van der Waals surface area contributed by atoms with Gasteiger partial charge in [0.05, 0.1) is 5.75 Å². The maximum absolute atomic E-state index is 11.6. The highest BCUT2D eigenvalue weighted by Crippen LogP contribution is 2.20. The number of unbranched alkanes of at least 4 members (excludes halogenated alkanes) is 1. The molecule has 0 bridgehead atoms. The topological polar surface area (TPSA) is 60.2 Å². The summed E-state index contributed by atoms with van der Waals surface area (Å²) in [5.41, 5.74) is 5.94. The van der Waals surface area contributed by atoms with E-state index in [9.17, 15) is 8.42 Å². The first-order chi connectivity index (χ1) is 7.39. The maximum atomic E-state index is 11.6. The van der Waals surface area contributed by atoms with Gasteiger partial charge < -0.3 is 5.73 Å². The lowest BCUT2D eigenvalue weighted by atomic mass is 9.88. The van der Waals surface area contributed by atoms with E-state index < -0.39 is 9.84 Å². The zero-order valence-electron chi connectivity index (χ0n) is 11.0. The van der Waals surface area contributed by atoms with E-state index in [1.54, 1.807) is 0 Å². The molecule has 0 radical (unpaired) electrons. The molecule has 0 aliphatic heterocycles. The Morgan fingerprint density at radius 3 is 2.06 bits per heavy atom. The van der Waals surface area contributed by atoms with Gasteiger partial charge in [0, 0.05) is 11.3 Å². The van der Waals surface area contributed by atoms with Crippen molar-refractivity contribution in [1.82, 2.24) is 0 Å². The van der Waals surface area contributed by atoms with Crippen molar-refractivity contribution in [2.24, 2.45) is 5.73 Å². The van der Waals surface area contributed by atoms with Crippen LogP contribution in [0.1, 0.15) is 59.3 Å². The van der Waals surface area contributed by atoms with Crippen molar-refractivity contribution >= 4 is 9.84 Å². The molecule has 0 spiro atoms. The van der Waals surface area contributed by atoms with E-state index in [-0.39, 0.29) is 11.3 Å². The van der Waals surface area contributed by atoms with Gasteiger partial charge in [-0.05, 0) is 25.7 Å². The molecule has 4 heteroatoms. The minimum atomic E-state index is -2.88. The Labute approximate surface area is 101 Å². The van der Waals surface area contributed by atoms with Crippen LogP contribution in [0.3, 0.4) is 0 Å². The van der Waals surface area contributed by atoms with Crippen LogP contribution >= 0.6 is 0 Å². The molecule has 16 heavy (non-hydrogen) atoms. The van der Waals surface area contributed by atoms with E-state index in [2.05, 4.69) is 6.92 Å². The molecule has 1 atom stereocenters. The molecule has 0 aromatic carbocycles. The average molecular weight is 249 g/mol. The summed E-state index contributed by atoms with van der Waals surface area (Å²) < 4.78 is 23.2. The predicted molar refractivity (Wildman–Crippen MR) is 70.3 cm³/mol. The molecule has 2 N–H and O–H groups in total. The van der Waals surface area contributed by atoms with Crippen molar-refractivity contribution in [2.45, 2.75) is 64.8 Å². The van der Waals surface area contributed by atoms with E-state index in [1.807, 2.05) is 13.8 Å². The van der Waals surface area contributed by atoms with Crippen LogP contribution < -0.4 is 5.73 Å². The van der Waals surface area contributed by atoms with E-state index in [1.165, 1.54) is 0 Å². The molecule has 0 saturated heterocycles.